The van der Waals surface area contributed by atoms with Gasteiger partial charge < -0.3 is 18.9 Å². The third-order valence-electron chi connectivity index (χ3n) is 3.77. The molecule has 0 aliphatic rings. The van der Waals surface area contributed by atoms with Crippen LogP contribution in [0.5, 0.6) is 23.0 Å². The maximum atomic E-state index is 5.34. The van der Waals surface area contributed by atoms with Crippen molar-refractivity contribution in [2.75, 3.05) is 28.4 Å². The van der Waals surface area contributed by atoms with Crippen LogP contribution in [-0.4, -0.2) is 43.4 Å². The molecule has 1 heterocycles. The lowest BCUT2D eigenvalue weighted by Crippen LogP contribution is -1.97. The quantitative estimate of drug-likeness (QED) is 0.687. The number of hydrogen-bond acceptors (Lipinski definition) is 6. The van der Waals surface area contributed by atoms with E-state index < -0.39 is 0 Å². The average Bonchev–Trinajstić information content (AvgIpc) is 3.17. The molecule has 0 fully saturated rings. The van der Waals surface area contributed by atoms with Gasteiger partial charge in [-0.15, -0.1) is 5.10 Å². The Kier molecular flexibility index (Phi) is 4.74. The summed E-state index contributed by atoms with van der Waals surface area (Å²) in [5.41, 5.74) is 2.37. The minimum atomic E-state index is 0.637. The van der Waals surface area contributed by atoms with Crippen LogP contribution < -0.4 is 18.9 Å². The summed E-state index contributed by atoms with van der Waals surface area (Å²) in [6, 6.07) is 11.1. The van der Waals surface area contributed by atoms with E-state index >= 15 is 0 Å². The van der Waals surface area contributed by atoms with Crippen LogP contribution in [0, 0.1) is 0 Å². The summed E-state index contributed by atoms with van der Waals surface area (Å²) in [7, 11) is 6.41. The van der Waals surface area contributed by atoms with Crippen molar-refractivity contribution in [3.05, 3.63) is 42.6 Å². The molecule has 25 heavy (non-hydrogen) atoms. The predicted octanol–water partition coefficient (Wildman–Crippen LogP) is 2.97. The number of nitrogens with zero attached hydrogens (tertiary/aromatic N) is 3. The molecule has 1 aromatic heterocycles. The molecule has 130 valence electrons. The highest BCUT2D eigenvalue weighted by Gasteiger charge is 2.11. The van der Waals surface area contributed by atoms with E-state index in [9.17, 15) is 0 Å². The molecule has 0 N–H and O–H groups in total. The van der Waals surface area contributed by atoms with Crippen LogP contribution in [0.25, 0.3) is 16.9 Å². The van der Waals surface area contributed by atoms with Crippen molar-refractivity contribution in [3.8, 4) is 39.9 Å². The lowest BCUT2D eigenvalue weighted by atomic mass is 10.1. The van der Waals surface area contributed by atoms with E-state index in [0.717, 1.165) is 11.3 Å². The molecule has 2 aromatic carbocycles. The summed E-state index contributed by atoms with van der Waals surface area (Å²) >= 11 is 0. The van der Waals surface area contributed by atoms with Gasteiger partial charge >= 0.3 is 0 Å². The van der Waals surface area contributed by atoms with E-state index in [-0.39, 0.29) is 0 Å². The van der Waals surface area contributed by atoms with Crippen LogP contribution in [0.15, 0.2) is 42.6 Å². The van der Waals surface area contributed by atoms with Gasteiger partial charge in [0, 0.05) is 23.8 Å². The Hall–Kier alpha value is -3.22. The fourth-order valence-corrected chi connectivity index (χ4v) is 2.44. The average molecular weight is 341 g/mol. The maximum absolute atomic E-state index is 5.34. The first-order valence-electron chi connectivity index (χ1n) is 7.56. The van der Waals surface area contributed by atoms with Gasteiger partial charge in [0.2, 0.25) is 0 Å². The first-order valence-corrected chi connectivity index (χ1v) is 7.56. The summed E-state index contributed by atoms with van der Waals surface area (Å²) in [6.45, 7) is 0. The van der Waals surface area contributed by atoms with Crippen LogP contribution in [0.2, 0.25) is 0 Å². The van der Waals surface area contributed by atoms with E-state index in [1.165, 1.54) is 0 Å². The van der Waals surface area contributed by atoms with Gasteiger partial charge in [-0.2, -0.15) is 0 Å². The summed E-state index contributed by atoms with van der Waals surface area (Å²) in [4.78, 5) is 0. The number of aromatic nitrogens is 3. The standard InChI is InChI=1S/C18H19N3O4/c1-22-14-8-13(9-15(10-14)23-2)21-11-16(19-20-21)12-5-6-17(24-3)18(7-12)25-4/h5-11H,1-4H3. The van der Waals surface area contributed by atoms with Gasteiger partial charge in [-0.25, -0.2) is 4.68 Å². The Morgan fingerprint density at radius 3 is 2.04 bits per heavy atom. The highest BCUT2D eigenvalue weighted by molar-refractivity contribution is 5.63. The monoisotopic (exact) mass is 341 g/mol. The Morgan fingerprint density at radius 1 is 0.760 bits per heavy atom. The van der Waals surface area contributed by atoms with E-state index in [0.29, 0.717) is 28.7 Å². The van der Waals surface area contributed by atoms with Gasteiger partial charge in [-0.3, -0.25) is 0 Å². The third-order valence-corrected chi connectivity index (χ3v) is 3.77. The first kappa shape index (κ1) is 16.6. The number of methoxy groups -OCH3 is 4. The zero-order valence-electron chi connectivity index (χ0n) is 14.5. The molecule has 0 radical (unpaired) electrons. The first-order chi connectivity index (χ1) is 12.2. The van der Waals surface area contributed by atoms with Crippen molar-refractivity contribution < 1.29 is 18.9 Å². The van der Waals surface area contributed by atoms with Crippen molar-refractivity contribution in [3.63, 3.8) is 0 Å². The molecule has 3 rings (SSSR count). The minimum Gasteiger partial charge on any atom is -0.497 e. The normalized spacial score (nSPS) is 10.4. The third kappa shape index (κ3) is 3.35. The number of rotatable bonds is 6. The molecule has 0 unspecified atom stereocenters. The lowest BCUT2D eigenvalue weighted by molar-refractivity contribution is 0.355. The second kappa shape index (κ2) is 7.12. The summed E-state index contributed by atoms with van der Waals surface area (Å²) < 4.78 is 22.8. The van der Waals surface area contributed by atoms with Crippen molar-refractivity contribution in [1.82, 2.24) is 15.0 Å². The lowest BCUT2D eigenvalue weighted by Gasteiger charge is -2.08. The molecule has 0 amide bonds. The highest BCUT2D eigenvalue weighted by atomic mass is 16.5. The second-order valence-corrected chi connectivity index (χ2v) is 5.19. The zero-order valence-corrected chi connectivity index (χ0v) is 14.5. The van der Waals surface area contributed by atoms with Crippen molar-refractivity contribution in [2.24, 2.45) is 0 Å². The number of ether oxygens (including phenoxy) is 4. The fourth-order valence-electron chi connectivity index (χ4n) is 2.44. The topological polar surface area (TPSA) is 67.6 Å². The van der Waals surface area contributed by atoms with Crippen LogP contribution in [0.3, 0.4) is 0 Å². The van der Waals surface area contributed by atoms with Crippen molar-refractivity contribution in [2.45, 2.75) is 0 Å². The van der Waals surface area contributed by atoms with Crippen LogP contribution in [-0.2, 0) is 0 Å². The van der Waals surface area contributed by atoms with E-state index in [4.69, 9.17) is 18.9 Å². The Morgan fingerprint density at radius 2 is 1.44 bits per heavy atom. The molecule has 3 aromatic rings. The molecule has 0 atom stereocenters. The van der Waals surface area contributed by atoms with E-state index in [1.807, 2.05) is 36.5 Å². The van der Waals surface area contributed by atoms with Gasteiger partial charge in [0.15, 0.2) is 11.5 Å². The van der Waals surface area contributed by atoms with Crippen molar-refractivity contribution in [1.29, 1.82) is 0 Å². The molecular formula is C18H19N3O4. The molecule has 0 aliphatic heterocycles. The summed E-state index contributed by atoms with van der Waals surface area (Å²) in [5, 5.41) is 8.43. The number of benzene rings is 2. The van der Waals surface area contributed by atoms with Crippen LogP contribution in [0.4, 0.5) is 0 Å². The molecule has 0 aliphatic carbocycles. The maximum Gasteiger partial charge on any atom is 0.161 e. The summed E-state index contributed by atoms with van der Waals surface area (Å²) in [5.74, 6) is 2.66. The predicted molar refractivity (Wildman–Crippen MR) is 93.0 cm³/mol. The summed E-state index contributed by atoms with van der Waals surface area (Å²) in [6.07, 6.45) is 1.83. The van der Waals surface area contributed by atoms with Crippen LogP contribution >= 0.6 is 0 Å². The molecule has 7 heteroatoms. The van der Waals surface area contributed by atoms with Gasteiger partial charge in [-0.1, -0.05) is 5.21 Å². The SMILES string of the molecule is COc1cc(OC)cc(-n2cc(-c3ccc(OC)c(OC)c3)nn2)c1. The Balaban J connectivity index is 1.98. The molecule has 0 saturated heterocycles. The van der Waals surface area contributed by atoms with Gasteiger partial charge in [0.05, 0.1) is 40.3 Å². The highest BCUT2D eigenvalue weighted by Crippen LogP contribution is 2.32. The van der Waals surface area contributed by atoms with Crippen LogP contribution in [0.1, 0.15) is 0 Å². The molecule has 0 saturated carbocycles. The van der Waals surface area contributed by atoms with Crippen molar-refractivity contribution >= 4 is 0 Å². The Bertz CT molecular complexity index is 854. The van der Waals surface area contributed by atoms with Gasteiger partial charge in [0.1, 0.15) is 17.2 Å². The van der Waals surface area contributed by atoms with E-state index in [2.05, 4.69) is 10.3 Å². The number of hydrogen-bond donors (Lipinski definition) is 0. The molecular weight excluding hydrogens is 322 g/mol. The van der Waals surface area contributed by atoms with Gasteiger partial charge in [0.25, 0.3) is 0 Å². The minimum absolute atomic E-state index is 0.637. The zero-order chi connectivity index (χ0) is 17.8. The largest absolute Gasteiger partial charge is 0.497 e. The smallest absolute Gasteiger partial charge is 0.161 e. The molecule has 0 bridgehead atoms. The Labute approximate surface area is 145 Å². The second-order valence-electron chi connectivity index (χ2n) is 5.19. The molecule has 7 nitrogen and oxygen atoms in total. The fraction of sp³-hybridized carbons (Fsp3) is 0.222. The van der Waals surface area contributed by atoms with Gasteiger partial charge in [-0.05, 0) is 18.2 Å². The molecule has 0 spiro atoms. The van der Waals surface area contributed by atoms with E-state index in [1.54, 1.807) is 39.2 Å².